The average Bonchev–Trinajstić information content (AvgIpc) is 3.34. The number of pyridine rings is 1. The second-order valence-electron chi connectivity index (χ2n) is 9.09. The highest BCUT2D eigenvalue weighted by atomic mass is 19.1. The smallest absolute Gasteiger partial charge is 0.257 e. The molecule has 1 aliphatic rings. The third-order valence-electron chi connectivity index (χ3n) is 6.25. The molecule has 0 saturated carbocycles. The largest absolute Gasteiger partial charge is 0.368 e. The number of rotatable bonds is 4. The van der Waals surface area contributed by atoms with Crippen molar-refractivity contribution in [1.82, 2.24) is 24.5 Å². The van der Waals surface area contributed by atoms with Crippen LogP contribution in [0.4, 0.5) is 15.8 Å². The van der Waals surface area contributed by atoms with E-state index in [1.807, 2.05) is 25.4 Å². The molecule has 4 aromatic rings. The van der Waals surface area contributed by atoms with Crippen molar-refractivity contribution >= 4 is 33.8 Å². The summed E-state index contributed by atoms with van der Waals surface area (Å²) in [5, 5.41) is 11.9. The fourth-order valence-corrected chi connectivity index (χ4v) is 4.55. The molecule has 0 aliphatic carbocycles. The van der Waals surface area contributed by atoms with Gasteiger partial charge in [-0.05, 0) is 25.0 Å². The zero-order valence-electron chi connectivity index (χ0n) is 19.3. The van der Waals surface area contributed by atoms with E-state index < -0.39 is 5.82 Å². The Hall–Kier alpha value is -3.46. The van der Waals surface area contributed by atoms with Gasteiger partial charge in [0.25, 0.3) is 5.91 Å². The summed E-state index contributed by atoms with van der Waals surface area (Å²) in [6, 6.07) is 5.49. The van der Waals surface area contributed by atoms with Crippen molar-refractivity contribution in [3.05, 3.63) is 53.9 Å². The number of hydrogen-bond acceptors (Lipinski definition) is 5. The first-order valence-corrected chi connectivity index (χ1v) is 11.2. The number of benzene rings is 1. The summed E-state index contributed by atoms with van der Waals surface area (Å²) in [4.78, 5) is 19.7. The van der Waals surface area contributed by atoms with Crippen molar-refractivity contribution in [2.75, 3.05) is 29.9 Å². The van der Waals surface area contributed by atoms with Gasteiger partial charge in [-0.2, -0.15) is 5.10 Å². The first-order chi connectivity index (χ1) is 15.8. The second-order valence-corrected chi connectivity index (χ2v) is 9.09. The zero-order chi connectivity index (χ0) is 23.3. The van der Waals surface area contributed by atoms with Crippen LogP contribution in [-0.2, 0) is 7.05 Å². The molecule has 1 aromatic carbocycles. The predicted molar refractivity (Wildman–Crippen MR) is 127 cm³/mol. The molecule has 4 heterocycles. The van der Waals surface area contributed by atoms with Crippen LogP contribution in [0.25, 0.3) is 16.6 Å². The Bertz CT molecular complexity index is 1360. The average molecular weight is 450 g/mol. The number of nitrogens with one attached hydrogen (secondary N) is 2. The summed E-state index contributed by atoms with van der Waals surface area (Å²) in [6.07, 6.45) is 5.33. The minimum atomic E-state index is -0.488. The van der Waals surface area contributed by atoms with Crippen molar-refractivity contribution in [3.8, 4) is 0 Å². The van der Waals surface area contributed by atoms with E-state index >= 15 is 0 Å². The lowest BCUT2D eigenvalue weighted by atomic mass is 10.0. The van der Waals surface area contributed by atoms with Gasteiger partial charge in [0.2, 0.25) is 0 Å². The first kappa shape index (κ1) is 21.4. The van der Waals surface area contributed by atoms with E-state index in [9.17, 15) is 9.18 Å². The maximum Gasteiger partial charge on any atom is 0.257 e. The van der Waals surface area contributed by atoms with Gasteiger partial charge in [-0.25, -0.2) is 9.37 Å². The normalized spacial score (nSPS) is 16.8. The van der Waals surface area contributed by atoms with Crippen molar-refractivity contribution in [2.45, 2.75) is 26.8 Å². The number of amides is 1. The molecule has 1 aliphatic heterocycles. The van der Waals surface area contributed by atoms with Crippen LogP contribution in [0.2, 0.25) is 0 Å². The number of nitrogens with zero attached hydrogens (tertiary/aromatic N) is 5. The molecule has 2 N–H and O–H groups in total. The second kappa shape index (κ2) is 8.15. The van der Waals surface area contributed by atoms with E-state index in [1.165, 1.54) is 6.07 Å². The van der Waals surface area contributed by atoms with Gasteiger partial charge < -0.3 is 19.9 Å². The van der Waals surface area contributed by atoms with Crippen molar-refractivity contribution in [3.63, 3.8) is 0 Å². The molecule has 0 radical (unpaired) electrons. The molecular formula is C24H28FN7O. The Kier molecular flexibility index (Phi) is 5.28. The lowest BCUT2D eigenvalue weighted by molar-refractivity contribution is 0.102. The topological polar surface area (TPSA) is 79.5 Å². The Labute approximate surface area is 191 Å². The summed E-state index contributed by atoms with van der Waals surface area (Å²) in [5.74, 6) is -0.293. The van der Waals surface area contributed by atoms with E-state index in [-0.39, 0.29) is 11.6 Å². The number of carbonyl (C=O) groups excluding carboxylic acids is 1. The third kappa shape index (κ3) is 3.93. The van der Waals surface area contributed by atoms with Crippen molar-refractivity contribution in [2.24, 2.45) is 13.0 Å². The quantitative estimate of drug-likeness (QED) is 0.500. The molecule has 1 saturated heterocycles. The fraction of sp³-hybridized carbons (Fsp3) is 0.375. The van der Waals surface area contributed by atoms with E-state index in [0.29, 0.717) is 34.4 Å². The van der Waals surface area contributed by atoms with E-state index in [1.54, 1.807) is 28.4 Å². The first-order valence-electron chi connectivity index (χ1n) is 11.2. The van der Waals surface area contributed by atoms with Crippen LogP contribution in [0.3, 0.4) is 0 Å². The molecule has 1 atom stereocenters. The van der Waals surface area contributed by atoms with Crippen molar-refractivity contribution < 1.29 is 9.18 Å². The number of piperazine rings is 1. The Morgan fingerprint density at radius 1 is 1.27 bits per heavy atom. The lowest BCUT2D eigenvalue weighted by Crippen LogP contribution is -2.53. The van der Waals surface area contributed by atoms with Crippen LogP contribution in [-0.4, -0.2) is 50.7 Å². The van der Waals surface area contributed by atoms with Gasteiger partial charge >= 0.3 is 0 Å². The highest BCUT2D eigenvalue weighted by Crippen LogP contribution is 2.30. The third-order valence-corrected chi connectivity index (χ3v) is 6.25. The van der Waals surface area contributed by atoms with Crippen LogP contribution in [0.5, 0.6) is 0 Å². The molecular weight excluding hydrogens is 421 g/mol. The molecule has 0 unspecified atom stereocenters. The van der Waals surface area contributed by atoms with Gasteiger partial charge in [-0.15, -0.1) is 0 Å². The Balaban J connectivity index is 1.48. The molecule has 0 bridgehead atoms. The molecule has 8 nitrogen and oxygen atoms in total. The summed E-state index contributed by atoms with van der Waals surface area (Å²) < 4.78 is 17.8. The number of fused-ring (bicyclic) bond motifs is 2. The molecule has 1 amide bonds. The zero-order valence-corrected chi connectivity index (χ0v) is 19.3. The van der Waals surface area contributed by atoms with Gasteiger partial charge in [0.05, 0.1) is 16.9 Å². The van der Waals surface area contributed by atoms with Gasteiger partial charge in [-0.1, -0.05) is 13.8 Å². The van der Waals surface area contributed by atoms with Gasteiger partial charge in [0.1, 0.15) is 5.52 Å². The van der Waals surface area contributed by atoms with Crippen LogP contribution < -0.4 is 15.5 Å². The lowest BCUT2D eigenvalue weighted by Gasteiger charge is -2.37. The summed E-state index contributed by atoms with van der Waals surface area (Å²) in [6.45, 7) is 8.94. The SMILES string of the molecule is Cc1cn2cc(NC(=O)c3ccc(N4CCN[C@@H](C(C)C)C4)c4cn(C)nc34)cc(F)c2n1. The molecule has 0 spiro atoms. The Morgan fingerprint density at radius 3 is 2.88 bits per heavy atom. The highest BCUT2D eigenvalue weighted by molar-refractivity contribution is 6.13. The number of carbonyl (C=O) groups is 1. The van der Waals surface area contributed by atoms with Crippen LogP contribution in [0.1, 0.15) is 29.9 Å². The minimum Gasteiger partial charge on any atom is -0.368 e. The predicted octanol–water partition coefficient (Wildman–Crippen LogP) is 3.36. The molecule has 5 rings (SSSR count). The number of anilines is 2. The van der Waals surface area contributed by atoms with E-state index in [0.717, 1.165) is 30.7 Å². The van der Waals surface area contributed by atoms with E-state index in [2.05, 4.69) is 39.5 Å². The summed E-state index contributed by atoms with van der Waals surface area (Å²) in [5.41, 5.74) is 3.45. The van der Waals surface area contributed by atoms with Crippen LogP contribution in [0, 0.1) is 18.7 Å². The maximum atomic E-state index is 14.5. The summed E-state index contributed by atoms with van der Waals surface area (Å²) >= 11 is 0. The number of imidazole rings is 1. The van der Waals surface area contributed by atoms with E-state index in [4.69, 9.17) is 0 Å². The number of aromatic nitrogens is 4. The van der Waals surface area contributed by atoms with Crippen LogP contribution in [0.15, 0.2) is 36.8 Å². The molecule has 172 valence electrons. The molecule has 3 aromatic heterocycles. The fourth-order valence-electron chi connectivity index (χ4n) is 4.55. The van der Waals surface area contributed by atoms with Gasteiger partial charge in [-0.3, -0.25) is 9.48 Å². The number of hydrogen-bond donors (Lipinski definition) is 2. The molecule has 1 fully saturated rings. The highest BCUT2D eigenvalue weighted by Gasteiger charge is 2.25. The number of halogens is 1. The summed E-state index contributed by atoms with van der Waals surface area (Å²) in [7, 11) is 1.85. The number of aryl methyl sites for hydroxylation is 2. The molecule has 9 heteroatoms. The van der Waals surface area contributed by atoms with Gasteiger partial charge in [0.15, 0.2) is 11.5 Å². The minimum absolute atomic E-state index is 0.234. The monoisotopic (exact) mass is 449 g/mol. The Morgan fingerprint density at radius 2 is 2.09 bits per heavy atom. The standard InChI is InChI=1S/C24H28FN7O/c1-14(2)20-13-31(8-7-26-20)21-6-5-17(22-18(21)12-30(4)29-22)24(33)28-16-9-19(25)23-27-15(3)10-32(23)11-16/h5-6,9-12,14,20,26H,7-8,13H2,1-4H3,(H,28,33)/t20-/m1/s1. The van der Waals surface area contributed by atoms with Gasteiger partial charge in [0, 0.05) is 68.5 Å². The maximum absolute atomic E-state index is 14.5. The van der Waals surface area contributed by atoms with Crippen LogP contribution >= 0.6 is 0 Å². The molecule has 33 heavy (non-hydrogen) atoms. The van der Waals surface area contributed by atoms with Crippen molar-refractivity contribution in [1.29, 1.82) is 0 Å².